The van der Waals surface area contributed by atoms with Gasteiger partial charge in [0.05, 0.1) is 0 Å². The third-order valence-corrected chi connectivity index (χ3v) is 4.05. The number of amides is 1. The second kappa shape index (κ2) is 6.81. The minimum Gasteiger partial charge on any atom is -0.466 e. The van der Waals surface area contributed by atoms with Crippen LogP contribution >= 0.6 is 0 Å². The van der Waals surface area contributed by atoms with Crippen molar-refractivity contribution in [2.75, 3.05) is 31.1 Å². The van der Waals surface area contributed by atoms with Gasteiger partial charge in [0.1, 0.15) is 11.5 Å². The molecule has 0 spiro atoms. The van der Waals surface area contributed by atoms with E-state index in [2.05, 4.69) is 4.98 Å². The third-order valence-electron chi connectivity index (χ3n) is 4.05. The molecule has 1 amide bonds. The highest BCUT2D eigenvalue weighted by atomic mass is 19.1. The molecule has 0 atom stereocenters. The number of nitrogens with zero attached hydrogens (tertiary/aromatic N) is 3. The van der Waals surface area contributed by atoms with Crippen LogP contribution in [-0.4, -0.2) is 42.0 Å². The van der Waals surface area contributed by atoms with Crippen LogP contribution in [0.15, 0.2) is 34.9 Å². The van der Waals surface area contributed by atoms with Crippen molar-refractivity contribution in [2.45, 2.75) is 19.8 Å². The Morgan fingerprint density at radius 1 is 1.26 bits per heavy atom. The predicted octanol–water partition coefficient (Wildman–Crippen LogP) is 2.40. The Hall–Kier alpha value is -2.37. The monoisotopic (exact) mass is 317 g/mol. The molecule has 2 aromatic rings. The fourth-order valence-electron chi connectivity index (χ4n) is 2.79. The van der Waals surface area contributed by atoms with Crippen molar-refractivity contribution >= 4 is 11.7 Å². The second-order valence-electron chi connectivity index (χ2n) is 5.69. The molecule has 1 fully saturated rings. The number of rotatable bonds is 4. The molecule has 2 aromatic heterocycles. The Morgan fingerprint density at radius 3 is 2.70 bits per heavy atom. The standard InChI is InChI=1S/C17H20FN3O2/c1-13-4-5-14(23-13)6-7-16(22)20-9-11-21(12-10-20)17-15(18)3-2-8-19-17/h2-5,8H,6-7,9-12H2,1H3. The number of halogens is 1. The normalized spacial score (nSPS) is 15.0. The molecule has 1 aliphatic rings. The molecule has 0 bridgehead atoms. The van der Waals surface area contributed by atoms with Gasteiger partial charge in [0.2, 0.25) is 5.91 Å². The fourth-order valence-corrected chi connectivity index (χ4v) is 2.79. The van der Waals surface area contributed by atoms with Crippen molar-refractivity contribution in [1.82, 2.24) is 9.88 Å². The molecule has 0 saturated carbocycles. The van der Waals surface area contributed by atoms with Crippen molar-refractivity contribution in [2.24, 2.45) is 0 Å². The Bertz CT molecular complexity index is 678. The number of hydrogen-bond acceptors (Lipinski definition) is 4. The predicted molar refractivity (Wildman–Crippen MR) is 84.8 cm³/mol. The maximum atomic E-state index is 13.7. The Labute approximate surface area is 134 Å². The molecule has 0 radical (unpaired) electrons. The average molecular weight is 317 g/mol. The van der Waals surface area contributed by atoms with Crippen LogP contribution in [0.3, 0.4) is 0 Å². The topological polar surface area (TPSA) is 49.6 Å². The lowest BCUT2D eigenvalue weighted by atomic mass is 10.2. The van der Waals surface area contributed by atoms with Gasteiger partial charge in [0.15, 0.2) is 11.6 Å². The summed E-state index contributed by atoms with van der Waals surface area (Å²) >= 11 is 0. The zero-order chi connectivity index (χ0) is 16.2. The van der Waals surface area contributed by atoms with E-state index in [-0.39, 0.29) is 11.7 Å². The van der Waals surface area contributed by atoms with E-state index < -0.39 is 0 Å². The van der Waals surface area contributed by atoms with Gasteiger partial charge in [-0.15, -0.1) is 0 Å². The van der Waals surface area contributed by atoms with Gasteiger partial charge in [-0.1, -0.05) is 0 Å². The molecule has 3 rings (SSSR count). The number of aromatic nitrogens is 1. The van der Waals surface area contributed by atoms with Crippen molar-refractivity contribution in [3.05, 3.63) is 47.8 Å². The second-order valence-corrected chi connectivity index (χ2v) is 5.69. The maximum Gasteiger partial charge on any atom is 0.223 e. The smallest absolute Gasteiger partial charge is 0.223 e. The van der Waals surface area contributed by atoms with E-state index in [9.17, 15) is 9.18 Å². The van der Waals surface area contributed by atoms with Crippen LogP contribution < -0.4 is 4.90 Å². The lowest BCUT2D eigenvalue weighted by Gasteiger charge is -2.35. The van der Waals surface area contributed by atoms with E-state index in [4.69, 9.17) is 4.42 Å². The molecule has 1 aliphatic heterocycles. The lowest BCUT2D eigenvalue weighted by Crippen LogP contribution is -2.49. The summed E-state index contributed by atoms with van der Waals surface area (Å²) in [6, 6.07) is 6.80. The van der Waals surface area contributed by atoms with Crippen LogP contribution in [0.25, 0.3) is 0 Å². The first-order valence-electron chi connectivity index (χ1n) is 7.82. The number of carbonyl (C=O) groups is 1. The zero-order valence-electron chi connectivity index (χ0n) is 13.2. The highest BCUT2D eigenvalue weighted by Crippen LogP contribution is 2.18. The lowest BCUT2D eigenvalue weighted by molar-refractivity contribution is -0.131. The Kier molecular flexibility index (Phi) is 4.60. The highest BCUT2D eigenvalue weighted by molar-refractivity contribution is 5.76. The molecule has 122 valence electrons. The summed E-state index contributed by atoms with van der Waals surface area (Å²) in [4.78, 5) is 20.1. The summed E-state index contributed by atoms with van der Waals surface area (Å²) in [5.74, 6) is 1.86. The summed E-state index contributed by atoms with van der Waals surface area (Å²) in [6.45, 7) is 4.26. The van der Waals surface area contributed by atoms with Gasteiger partial charge in [-0.05, 0) is 31.2 Å². The van der Waals surface area contributed by atoms with Gasteiger partial charge in [-0.3, -0.25) is 4.79 Å². The van der Waals surface area contributed by atoms with Gasteiger partial charge >= 0.3 is 0 Å². The zero-order valence-corrected chi connectivity index (χ0v) is 13.2. The van der Waals surface area contributed by atoms with E-state index >= 15 is 0 Å². The summed E-state index contributed by atoms with van der Waals surface area (Å²) in [5, 5.41) is 0. The van der Waals surface area contributed by atoms with Crippen LogP contribution in [-0.2, 0) is 11.2 Å². The van der Waals surface area contributed by atoms with Crippen LogP contribution in [0, 0.1) is 12.7 Å². The van der Waals surface area contributed by atoms with Crippen molar-refractivity contribution in [1.29, 1.82) is 0 Å². The van der Waals surface area contributed by atoms with E-state index in [1.165, 1.54) is 6.07 Å². The number of furan rings is 1. The molecular formula is C17H20FN3O2. The Balaban J connectivity index is 1.50. The first-order chi connectivity index (χ1) is 11.1. The first-order valence-corrected chi connectivity index (χ1v) is 7.82. The van der Waals surface area contributed by atoms with Crippen molar-refractivity contribution in [3.63, 3.8) is 0 Å². The van der Waals surface area contributed by atoms with E-state index in [0.717, 1.165) is 11.5 Å². The van der Waals surface area contributed by atoms with Gasteiger partial charge < -0.3 is 14.2 Å². The largest absolute Gasteiger partial charge is 0.466 e. The summed E-state index contributed by atoms with van der Waals surface area (Å²) < 4.78 is 19.2. The van der Waals surface area contributed by atoms with Crippen molar-refractivity contribution in [3.8, 4) is 0 Å². The molecule has 0 aliphatic carbocycles. The molecule has 3 heterocycles. The number of anilines is 1. The SMILES string of the molecule is Cc1ccc(CCC(=O)N2CCN(c3ncccc3F)CC2)o1. The van der Waals surface area contributed by atoms with Gasteiger partial charge in [-0.25, -0.2) is 9.37 Å². The minimum atomic E-state index is -0.319. The highest BCUT2D eigenvalue weighted by Gasteiger charge is 2.23. The van der Waals surface area contributed by atoms with Crippen LogP contribution in [0.2, 0.25) is 0 Å². The fraction of sp³-hybridized carbons (Fsp3) is 0.412. The number of hydrogen-bond donors (Lipinski definition) is 0. The Morgan fingerprint density at radius 2 is 2.04 bits per heavy atom. The van der Waals surface area contributed by atoms with Gasteiger partial charge in [0.25, 0.3) is 0 Å². The summed E-state index contributed by atoms with van der Waals surface area (Å²) in [6.07, 6.45) is 2.63. The molecule has 0 N–H and O–H groups in total. The quantitative estimate of drug-likeness (QED) is 0.869. The molecular weight excluding hydrogens is 297 g/mol. The molecule has 6 heteroatoms. The average Bonchev–Trinajstić information content (AvgIpc) is 2.99. The van der Waals surface area contributed by atoms with E-state index in [0.29, 0.717) is 44.8 Å². The number of pyridine rings is 1. The number of piperazine rings is 1. The van der Waals surface area contributed by atoms with Crippen molar-refractivity contribution < 1.29 is 13.6 Å². The molecule has 0 unspecified atom stereocenters. The van der Waals surface area contributed by atoms with Crippen LogP contribution in [0.5, 0.6) is 0 Å². The van der Waals surface area contributed by atoms with E-state index in [1.807, 2.05) is 28.9 Å². The first kappa shape index (κ1) is 15.5. The van der Waals surface area contributed by atoms with Gasteiger partial charge in [-0.2, -0.15) is 0 Å². The molecule has 23 heavy (non-hydrogen) atoms. The van der Waals surface area contributed by atoms with E-state index in [1.54, 1.807) is 12.3 Å². The molecule has 5 nitrogen and oxygen atoms in total. The maximum absolute atomic E-state index is 13.7. The summed E-state index contributed by atoms with van der Waals surface area (Å²) in [5.41, 5.74) is 0. The van der Waals surface area contributed by atoms with Gasteiger partial charge in [0, 0.05) is 45.2 Å². The number of aryl methyl sites for hydroxylation is 2. The summed E-state index contributed by atoms with van der Waals surface area (Å²) in [7, 11) is 0. The molecule has 0 aromatic carbocycles. The van der Waals surface area contributed by atoms with Crippen LogP contribution in [0.1, 0.15) is 17.9 Å². The third kappa shape index (κ3) is 3.70. The molecule has 1 saturated heterocycles. The number of carbonyl (C=O) groups excluding carboxylic acids is 1. The minimum absolute atomic E-state index is 0.111. The van der Waals surface area contributed by atoms with Crippen LogP contribution in [0.4, 0.5) is 10.2 Å².